The lowest BCUT2D eigenvalue weighted by atomic mass is 10.1. The highest BCUT2D eigenvalue weighted by Gasteiger charge is 2.56. The second-order valence-corrected chi connectivity index (χ2v) is 9.35. The van der Waals surface area contributed by atoms with Crippen molar-refractivity contribution in [2.24, 2.45) is 5.92 Å². The molecule has 3 aromatic heterocycles. The molecule has 2 fully saturated rings. The standard InChI is InChI=1S/C25H22ClFN6O/c26-17-3-1-2-15(8-17)22-23(24(22)27)25(34)32-20-9-19(29-13-30-20)28-10-18-12-33-11-16(14-4-5-14)6-7-21(33)31-18/h1-3,6-9,11-14,22-24H,4-5,10H2,(H2,28,29,30,32,34)/t22-,23-,24-/m0/s1. The summed E-state index contributed by atoms with van der Waals surface area (Å²) >= 11 is 6.00. The number of hydrogen-bond acceptors (Lipinski definition) is 5. The van der Waals surface area contributed by atoms with Crippen molar-refractivity contribution in [3.63, 3.8) is 0 Å². The minimum Gasteiger partial charge on any atom is -0.364 e. The van der Waals surface area contributed by atoms with Gasteiger partial charge in [0.2, 0.25) is 5.91 Å². The molecule has 1 aromatic carbocycles. The van der Waals surface area contributed by atoms with Crippen molar-refractivity contribution in [3.05, 3.63) is 83.0 Å². The largest absolute Gasteiger partial charge is 0.364 e. The number of alkyl halides is 1. The number of benzene rings is 1. The van der Waals surface area contributed by atoms with Gasteiger partial charge in [0.1, 0.15) is 29.8 Å². The quantitative estimate of drug-likeness (QED) is 0.394. The molecular weight excluding hydrogens is 455 g/mol. The summed E-state index contributed by atoms with van der Waals surface area (Å²) in [5, 5.41) is 6.45. The van der Waals surface area contributed by atoms with Crippen LogP contribution in [0.3, 0.4) is 0 Å². The highest BCUT2D eigenvalue weighted by molar-refractivity contribution is 6.30. The van der Waals surface area contributed by atoms with E-state index in [-0.39, 0.29) is 0 Å². The molecule has 3 heterocycles. The summed E-state index contributed by atoms with van der Waals surface area (Å²) in [6.07, 6.45) is 6.78. The maximum atomic E-state index is 14.4. The number of pyridine rings is 1. The number of fused-ring (bicyclic) bond motifs is 1. The normalized spacial score (nSPS) is 21.4. The molecule has 7 nitrogen and oxygen atoms in total. The molecule has 2 aliphatic carbocycles. The Labute approximate surface area is 200 Å². The molecule has 34 heavy (non-hydrogen) atoms. The Kier molecular flexibility index (Phi) is 5.17. The third-order valence-corrected chi connectivity index (χ3v) is 6.65. The molecule has 1 amide bonds. The Balaban J connectivity index is 1.09. The molecule has 9 heteroatoms. The molecule has 0 bridgehead atoms. The van der Waals surface area contributed by atoms with Crippen molar-refractivity contribution in [2.75, 3.05) is 10.6 Å². The summed E-state index contributed by atoms with van der Waals surface area (Å²) in [6.45, 7) is 0.469. The highest BCUT2D eigenvalue weighted by Crippen LogP contribution is 2.51. The van der Waals surface area contributed by atoms with Crippen molar-refractivity contribution in [3.8, 4) is 0 Å². The van der Waals surface area contributed by atoms with Crippen molar-refractivity contribution < 1.29 is 9.18 Å². The number of imidazole rings is 1. The number of carbonyl (C=O) groups excluding carboxylic acids is 1. The number of amides is 1. The van der Waals surface area contributed by atoms with Crippen LogP contribution in [-0.2, 0) is 11.3 Å². The van der Waals surface area contributed by atoms with E-state index in [1.807, 2.05) is 12.3 Å². The number of anilines is 2. The fourth-order valence-electron chi connectivity index (χ4n) is 4.40. The van der Waals surface area contributed by atoms with Gasteiger partial charge in [0.05, 0.1) is 18.2 Å². The SMILES string of the molecule is O=C(Nc1cc(NCc2cn3cc(C4CC4)ccc3n2)ncn1)[C@@H]1[C@@H](F)[C@H]1c1cccc(Cl)c1. The number of halogens is 2. The lowest BCUT2D eigenvalue weighted by Crippen LogP contribution is -2.17. The van der Waals surface area contributed by atoms with Gasteiger partial charge in [-0.1, -0.05) is 29.8 Å². The fourth-order valence-corrected chi connectivity index (χ4v) is 4.60. The Morgan fingerprint density at radius 1 is 1.09 bits per heavy atom. The second kappa shape index (κ2) is 8.36. The van der Waals surface area contributed by atoms with E-state index in [1.54, 1.807) is 30.3 Å². The van der Waals surface area contributed by atoms with E-state index in [0.717, 1.165) is 16.9 Å². The van der Waals surface area contributed by atoms with E-state index in [4.69, 9.17) is 11.6 Å². The zero-order chi connectivity index (χ0) is 23.2. The van der Waals surface area contributed by atoms with E-state index in [0.29, 0.717) is 29.1 Å². The molecule has 0 unspecified atom stereocenters. The summed E-state index contributed by atoms with van der Waals surface area (Å²) in [5.74, 6) is -0.117. The van der Waals surface area contributed by atoms with Gasteiger partial charge >= 0.3 is 0 Å². The molecule has 4 aromatic rings. The average molecular weight is 477 g/mol. The van der Waals surface area contributed by atoms with E-state index in [1.165, 1.54) is 24.7 Å². The molecule has 172 valence electrons. The third kappa shape index (κ3) is 4.21. The van der Waals surface area contributed by atoms with Gasteiger partial charge in [0.25, 0.3) is 0 Å². The molecule has 2 saturated carbocycles. The van der Waals surface area contributed by atoms with Crippen LogP contribution >= 0.6 is 11.6 Å². The number of rotatable bonds is 7. The summed E-state index contributed by atoms with van der Waals surface area (Å²) in [4.78, 5) is 25.6. The van der Waals surface area contributed by atoms with Crippen molar-refractivity contribution in [1.82, 2.24) is 19.4 Å². The third-order valence-electron chi connectivity index (χ3n) is 6.41. The first-order valence-electron chi connectivity index (χ1n) is 11.3. The van der Waals surface area contributed by atoms with Crippen LogP contribution < -0.4 is 10.6 Å². The molecule has 0 saturated heterocycles. The first kappa shape index (κ1) is 21.0. The summed E-state index contributed by atoms with van der Waals surface area (Å²) in [5.41, 5.74) is 3.85. The Morgan fingerprint density at radius 3 is 2.76 bits per heavy atom. The minimum absolute atomic E-state index is 0.315. The predicted octanol–water partition coefficient (Wildman–Crippen LogP) is 4.96. The van der Waals surface area contributed by atoms with Gasteiger partial charge in [-0.15, -0.1) is 0 Å². The van der Waals surface area contributed by atoms with Gasteiger partial charge in [0, 0.05) is 29.4 Å². The van der Waals surface area contributed by atoms with Crippen LogP contribution in [0.5, 0.6) is 0 Å². The Hall–Kier alpha value is -3.52. The summed E-state index contributed by atoms with van der Waals surface area (Å²) < 4.78 is 16.5. The lowest BCUT2D eigenvalue weighted by molar-refractivity contribution is -0.117. The molecule has 2 aliphatic rings. The van der Waals surface area contributed by atoms with E-state index in [2.05, 4.69) is 42.2 Å². The molecular formula is C25H22ClFN6O. The summed E-state index contributed by atoms with van der Waals surface area (Å²) in [6, 6.07) is 12.8. The topological polar surface area (TPSA) is 84.2 Å². The van der Waals surface area contributed by atoms with Crippen LogP contribution in [-0.4, -0.2) is 31.4 Å². The predicted molar refractivity (Wildman–Crippen MR) is 128 cm³/mol. The molecule has 0 spiro atoms. The fraction of sp³-hybridized carbons (Fsp3) is 0.280. The van der Waals surface area contributed by atoms with Crippen LogP contribution in [0.4, 0.5) is 16.0 Å². The van der Waals surface area contributed by atoms with E-state index >= 15 is 0 Å². The minimum atomic E-state index is -1.24. The first-order valence-corrected chi connectivity index (χ1v) is 11.7. The van der Waals surface area contributed by atoms with Crippen molar-refractivity contribution >= 4 is 34.8 Å². The van der Waals surface area contributed by atoms with E-state index in [9.17, 15) is 9.18 Å². The number of nitrogens with zero attached hydrogens (tertiary/aromatic N) is 4. The number of aromatic nitrogens is 4. The zero-order valence-electron chi connectivity index (χ0n) is 18.2. The van der Waals surface area contributed by atoms with E-state index < -0.39 is 23.9 Å². The smallest absolute Gasteiger partial charge is 0.232 e. The number of hydrogen-bond donors (Lipinski definition) is 2. The van der Waals surface area contributed by atoms with Gasteiger partial charge in [-0.05, 0) is 48.1 Å². The molecule has 3 atom stereocenters. The number of carbonyl (C=O) groups is 1. The second-order valence-electron chi connectivity index (χ2n) is 8.92. The van der Waals surface area contributed by atoms with Crippen LogP contribution in [0.15, 0.2) is 61.2 Å². The Morgan fingerprint density at radius 2 is 1.94 bits per heavy atom. The molecule has 6 rings (SSSR count). The lowest BCUT2D eigenvalue weighted by Gasteiger charge is -2.07. The van der Waals surface area contributed by atoms with Crippen LogP contribution in [0.1, 0.15) is 41.5 Å². The molecule has 2 N–H and O–H groups in total. The van der Waals surface area contributed by atoms with Gasteiger partial charge in [-0.2, -0.15) is 0 Å². The van der Waals surface area contributed by atoms with Crippen LogP contribution in [0, 0.1) is 5.92 Å². The van der Waals surface area contributed by atoms with Crippen molar-refractivity contribution in [2.45, 2.75) is 37.4 Å². The van der Waals surface area contributed by atoms with Crippen LogP contribution in [0.25, 0.3) is 5.65 Å². The zero-order valence-corrected chi connectivity index (χ0v) is 18.9. The molecule has 0 aliphatic heterocycles. The average Bonchev–Trinajstić information content (AvgIpc) is 3.74. The summed E-state index contributed by atoms with van der Waals surface area (Å²) in [7, 11) is 0. The van der Waals surface area contributed by atoms with Crippen LogP contribution in [0.2, 0.25) is 5.02 Å². The first-order chi connectivity index (χ1) is 16.5. The van der Waals surface area contributed by atoms with Gasteiger partial charge < -0.3 is 15.0 Å². The van der Waals surface area contributed by atoms with Gasteiger partial charge in [0.15, 0.2) is 0 Å². The molecule has 0 radical (unpaired) electrons. The van der Waals surface area contributed by atoms with Crippen molar-refractivity contribution in [1.29, 1.82) is 0 Å². The Bertz CT molecular complexity index is 1390. The maximum absolute atomic E-state index is 14.4. The highest BCUT2D eigenvalue weighted by atomic mass is 35.5. The monoisotopic (exact) mass is 476 g/mol. The number of nitrogens with one attached hydrogen (secondary N) is 2. The van der Waals surface area contributed by atoms with Gasteiger partial charge in [-0.25, -0.2) is 19.3 Å². The maximum Gasteiger partial charge on any atom is 0.232 e. The van der Waals surface area contributed by atoms with Gasteiger partial charge in [-0.3, -0.25) is 4.79 Å².